The monoisotopic (exact) mass is 285 g/mol. The average Bonchev–Trinajstić information content (AvgIpc) is 2.92. The van der Waals surface area contributed by atoms with Gasteiger partial charge in [-0.15, -0.1) is 0 Å². The molecule has 3 nitrogen and oxygen atoms in total. The van der Waals surface area contributed by atoms with Gasteiger partial charge in [0.25, 0.3) is 0 Å². The fourth-order valence-corrected chi connectivity index (χ4v) is 4.47. The molecular weight excluding hydrogens is 262 g/mol. The van der Waals surface area contributed by atoms with Crippen LogP contribution in [0.2, 0.25) is 0 Å². The van der Waals surface area contributed by atoms with Gasteiger partial charge < -0.3 is 9.52 Å². The Morgan fingerprint density at radius 1 is 1.33 bits per heavy atom. The number of piperidine rings is 1. The fraction of sp³-hybridized carbons (Fsp3) is 0.556. The number of hydrogen-bond donors (Lipinski definition) is 1. The Morgan fingerprint density at radius 2 is 2.19 bits per heavy atom. The van der Waals surface area contributed by atoms with E-state index in [1.807, 2.05) is 6.07 Å². The van der Waals surface area contributed by atoms with E-state index in [0.29, 0.717) is 0 Å². The van der Waals surface area contributed by atoms with Gasteiger partial charge >= 0.3 is 0 Å². The van der Waals surface area contributed by atoms with Gasteiger partial charge in [0.15, 0.2) is 0 Å². The van der Waals surface area contributed by atoms with Gasteiger partial charge in [0.2, 0.25) is 0 Å². The maximum atomic E-state index is 10.1. The van der Waals surface area contributed by atoms with Crippen molar-refractivity contribution >= 4 is 11.0 Å². The van der Waals surface area contributed by atoms with Crippen LogP contribution >= 0.6 is 0 Å². The number of rotatable bonds is 2. The highest BCUT2D eigenvalue weighted by Crippen LogP contribution is 2.52. The van der Waals surface area contributed by atoms with Gasteiger partial charge in [-0.05, 0) is 38.3 Å². The summed E-state index contributed by atoms with van der Waals surface area (Å²) in [6.45, 7) is 4.67. The van der Waals surface area contributed by atoms with E-state index >= 15 is 0 Å². The summed E-state index contributed by atoms with van der Waals surface area (Å²) in [5.74, 6) is 1.12. The third kappa shape index (κ3) is 1.80. The molecule has 2 atom stereocenters. The predicted molar refractivity (Wildman–Crippen MR) is 83.3 cm³/mol. The first-order valence-corrected chi connectivity index (χ1v) is 8.14. The SMILES string of the molecule is CCC1(CO)CCCN2CCc3c(oc4ccccc34)[C@@H]21. The number of hydrogen-bond acceptors (Lipinski definition) is 3. The summed E-state index contributed by atoms with van der Waals surface area (Å²) in [5, 5.41) is 11.4. The minimum absolute atomic E-state index is 0.0404. The van der Waals surface area contributed by atoms with Gasteiger partial charge in [-0.1, -0.05) is 25.1 Å². The second kappa shape index (κ2) is 4.85. The van der Waals surface area contributed by atoms with Crippen molar-refractivity contribution in [1.29, 1.82) is 0 Å². The highest BCUT2D eigenvalue weighted by atomic mass is 16.3. The number of benzene rings is 1. The van der Waals surface area contributed by atoms with Crippen molar-refractivity contribution in [3.05, 3.63) is 35.6 Å². The lowest BCUT2D eigenvalue weighted by molar-refractivity contribution is -0.0455. The number of aliphatic hydroxyl groups is 1. The van der Waals surface area contributed by atoms with Crippen molar-refractivity contribution in [3.8, 4) is 0 Å². The Hall–Kier alpha value is -1.32. The van der Waals surface area contributed by atoms with Crippen LogP contribution in [-0.2, 0) is 6.42 Å². The lowest BCUT2D eigenvalue weighted by atomic mass is 9.69. The van der Waals surface area contributed by atoms with E-state index in [9.17, 15) is 5.11 Å². The number of fused-ring (bicyclic) bond motifs is 5. The van der Waals surface area contributed by atoms with E-state index in [0.717, 1.165) is 43.7 Å². The average molecular weight is 285 g/mol. The zero-order chi connectivity index (χ0) is 14.4. The first-order valence-electron chi connectivity index (χ1n) is 8.14. The Bertz CT molecular complexity index is 656. The van der Waals surface area contributed by atoms with E-state index < -0.39 is 0 Å². The maximum absolute atomic E-state index is 10.1. The summed E-state index contributed by atoms with van der Waals surface area (Å²) in [6, 6.07) is 8.60. The molecule has 1 unspecified atom stereocenters. The van der Waals surface area contributed by atoms with Crippen molar-refractivity contribution in [1.82, 2.24) is 4.90 Å². The lowest BCUT2D eigenvalue weighted by Gasteiger charge is -2.50. The Labute approximate surface area is 125 Å². The maximum Gasteiger partial charge on any atom is 0.134 e. The molecule has 0 spiro atoms. The molecule has 0 saturated carbocycles. The van der Waals surface area contributed by atoms with Crippen molar-refractivity contribution in [3.63, 3.8) is 0 Å². The van der Waals surface area contributed by atoms with E-state index in [1.54, 1.807) is 0 Å². The van der Waals surface area contributed by atoms with Crippen LogP contribution in [0, 0.1) is 5.41 Å². The Kier molecular flexibility index (Phi) is 3.09. The summed E-state index contributed by atoms with van der Waals surface area (Å²) in [4.78, 5) is 2.54. The number of furan rings is 1. The summed E-state index contributed by atoms with van der Waals surface area (Å²) in [7, 11) is 0. The predicted octanol–water partition coefficient (Wildman–Crippen LogP) is 3.51. The van der Waals surface area contributed by atoms with E-state index in [4.69, 9.17) is 4.42 Å². The topological polar surface area (TPSA) is 36.6 Å². The minimum atomic E-state index is -0.0404. The van der Waals surface area contributed by atoms with E-state index in [-0.39, 0.29) is 18.1 Å². The van der Waals surface area contributed by atoms with E-state index in [2.05, 4.69) is 30.0 Å². The van der Waals surface area contributed by atoms with Gasteiger partial charge in [0.1, 0.15) is 11.3 Å². The molecule has 1 fully saturated rings. The molecule has 4 rings (SSSR count). The number of para-hydroxylation sites is 1. The second-order valence-corrected chi connectivity index (χ2v) is 6.61. The van der Waals surface area contributed by atoms with Crippen molar-refractivity contribution in [2.75, 3.05) is 19.7 Å². The molecular formula is C18H23NO2. The highest BCUT2D eigenvalue weighted by molar-refractivity contribution is 5.82. The van der Waals surface area contributed by atoms with Gasteiger partial charge in [-0.2, -0.15) is 0 Å². The summed E-state index contributed by atoms with van der Waals surface area (Å²) < 4.78 is 6.27. The zero-order valence-electron chi connectivity index (χ0n) is 12.6. The Morgan fingerprint density at radius 3 is 3.00 bits per heavy atom. The standard InChI is InChI=1S/C18H23NO2/c1-2-18(12-20)9-5-10-19-11-8-14-13-6-3-4-7-15(13)21-16(14)17(18)19/h3-4,6-7,17,20H,2,5,8-12H2,1H3/t17-,18?/m1/s1. The van der Waals surface area contributed by atoms with Gasteiger partial charge in [0.05, 0.1) is 12.6 Å². The molecule has 2 aromatic rings. The molecule has 0 radical (unpaired) electrons. The second-order valence-electron chi connectivity index (χ2n) is 6.61. The van der Waals surface area contributed by atoms with Crippen LogP contribution in [0.15, 0.2) is 28.7 Å². The number of nitrogens with zero attached hydrogens (tertiary/aromatic N) is 1. The molecule has 0 amide bonds. The molecule has 1 saturated heterocycles. The normalized spacial score (nSPS) is 29.3. The van der Waals surface area contributed by atoms with Crippen LogP contribution in [0.1, 0.15) is 43.6 Å². The van der Waals surface area contributed by atoms with Crippen LogP contribution in [0.4, 0.5) is 0 Å². The van der Waals surface area contributed by atoms with Crippen molar-refractivity contribution < 1.29 is 9.52 Å². The molecule has 2 aliphatic rings. The molecule has 3 heteroatoms. The van der Waals surface area contributed by atoms with Crippen molar-refractivity contribution in [2.45, 2.75) is 38.6 Å². The van der Waals surface area contributed by atoms with Crippen LogP contribution in [-0.4, -0.2) is 29.7 Å². The molecule has 3 heterocycles. The molecule has 112 valence electrons. The Balaban J connectivity index is 1.91. The molecule has 2 aliphatic heterocycles. The van der Waals surface area contributed by atoms with Crippen LogP contribution < -0.4 is 0 Å². The third-order valence-corrected chi connectivity index (χ3v) is 5.71. The van der Waals surface area contributed by atoms with Gasteiger partial charge in [0, 0.05) is 22.9 Å². The fourth-order valence-electron chi connectivity index (χ4n) is 4.47. The van der Waals surface area contributed by atoms with E-state index in [1.165, 1.54) is 17.4 Å². The molecule has 0 bridgehead atoms. The first kappa shape index (κ1) is 13.4. The van der Waals surface area contributed by atoms with Gasteiger partial charge in [-0.25, -0.2) is 0 Å². The number of aliphatic hydroxyl groups excluding tert-OH is 1. The zero-order valence-corrected chi connectivity index (χ0v) is 12.6. The molecule has 1 N–H and O–H groups in total. The smallest absolute Gasteiger partial charge is 0.134 e. The molecule has 21 heavy (non-hydrogen) atoms. The summed E-state index contributed by atoms with van der Waals surface area (Å²) in [5.41, 5.74) is 2.33. The van der Waals surface area contributed by atoms with Crippen LogP contribution in [0.5, 0.6) is 0 Å². The summed E-state index contributed by atoms with van der Waals surface area (Å²) in [6.07, 6.45) is 4.34. The third-order valence-electron chi connectivity index (χ3n) is 5.71. The van der Waals surface area contributed by atoms with Crippen LogP contribution in [0.25, 0.3) is 11.0 Å². The quantitative estimate of drug-likeness (QED) is 0.917. The van der Waals surface area contributed by atoms with Crippen molar-refractivity contribution in [2.24, 2.45) is 5.41 Å². The van der Waals surface area contributed by atoms with Crippen LogP contribution in [0.3, 0.4) is 0 Å². The largest absolute Gasteiger partial charge is 0.459 e. The minimum Gasteiger partial charge on any atom is -0.459 e. The van der Waals surface area contributed by atoms with Gasteiger partial charge in [-0.3, -0.25) is 4.90 Å². The first-order chi connectivity index (χ1) is 10.3. The highest BCUT2D eigenvalue weighted by Gasteiger charge is 2.48. The molecule has 1 aromatic carbocycles. The summed E-state index contributed by atoms with van der Waals surface area (Å²) >= 11 is 0. The molecule has 0 aliphatic carbocycles. The molecule has 1 aromatic heterocycles. The lowest BCUT2D eigenvalue weighted by Crippen LogP contribution is -2.50.